The SMILES string of the molecule is COc1ccccc1OCC(=O)Nc1ccc(-c2nc(-c3ccc(Cl)cc3)no2)cc1. The average Bonchev–Trinajstić information content (AvgIpc) is 3.29. The maximum Gasteiger partial charge on any atom is 0.262 e. The standard InChI is InChI=1S/C23H18ClN3O4/c1-29-19-4-2-3-5-20(19)30-14-21(28)25-18-12-8-16(9-13-18)23-26-22(27-31-23)15-6-10-17(24)11-7-15/h2-13H,14H2,1H3,(H,25,28). The first-order valence-corrected chi connectivity index (χ1v) is 9.76. The van der Waals surface area contributed by atoms with Gasteiger partial charge in [-0.05, 0) is 60.7 Å². The molecule has 1 heterocycles. The van der Waals surface area contributed by atoms with E-state index in [2.05, 4.69) is 15.5 Å². The minimum Gasteiger partial charge on any atom is -0.493 e. The molecule has 4 aromatic rings. The molecule has 1 N–H and O–H groups in total. The predicted octanol–water partition coefficient (Wildman–Crippen LogP) is 5.08. The van der Waals surface area contributed by atoms with Crippen LogP contribution < -0.4 is 14.8 Å². The first-order chi connectivity index (χ1) is 15.1. The van der Waals surface area contributed by atoms with E-state index in [1.54, 1.807) is 55.6 Å². The number of ether oxygens (including phenoxy) is 2. The van der Waals surface area contributed by atoms with Gasteiger partial charge in [0.15, 0.2) is 18.1 Å². The summed E-state index contributed by atoms with van der Waals surface area (Å²) in [5.74, 6) is 1.63. The van der Waals surface area contributed by atoms with E-state index in [-0.39, 0.29) is 12.5 Å². The first-order valence-electron chi connectivity index (χ1n) is 9.38. The highest BCUT2D eigenvalue weighted by Gasteiger charge is 2.12. The molecule has 0 saturated heterocycles. The van der Waals surface area contributed by atoms with Gasteiger partial charge < -0.3 is 19.3 Å². The second kappa shape index (κ2) is 9.32. The molecule has 0 fully saturated rings. The Morgan fingerprint density at radius 1 is 0.968 bits per heavy atom. The number of halogens is 1. The van der Waals surface area contributed by atoms with E-state index in [1.165, 1.54) is 0 Å². The number of carbonyl (C=O) groups excluding carboxylic acids is 1. The third-order valence-corrected chi connectivity index (χ3v) is 4.62. The van der Waals surface area contributed by atoms with E-state index in [4.69, 9.17) is 25.6 Å². The Labute approximate surface area is 183 Å². The highest BCUT2D eigenvalue weighted by atomic mass is 35.5. The summed E-state index contributed by atoms with van der Waals surface area (Å²) >= 11 is 5.91. The number of para-hydroxylation sites is 2. The smallest absolute Gasteiger partial charge is 0.262 e. The summed E-state index contributed by atoms with van der Waals surface area (Å²) in [6.07, 6.45) is 0. The van der Waals surface area contributed by atoms with Crippen molar-refractivity contribution in [2.45, 2.75) is 0 Å². The molecule has 31 heavy (non-hydrogen) atoms. The van der Waals surface area contributed by atoms with Crippen LogP contribution in [0.15, 0.2) is 77.3 Å². The van der Waals surface area contributed by atoms with Crippen molar-refractivity contribution >= 4 is 23.2 Å². The zero-order valence-corrected chi connectivity index (χ0v) is 17.3. The molecule has 156 valence electrons. The van der Waals surface area contributed by atoms with E-state index in [1.807, 2.05) is 24.3 Å². The summed E-state index contributed by atoms with van der Waals surface area (Å²) in [4.78, 5) is 16.6. The molecule has 3 aromatic carbocycles. The second-order valence-corrected chi connectivity index (χ2v) is 6.93. The van der Waals surface area contributed by atoms with Gasteiger partial charge in [-0.3, -0.25) is 4.79 Å². The van der Waals surface area contributed by atoms with Crippen LogP contribution in [0.5, 0.6) is 11.5 Å². The molecule has 4 rings (SSSR count). The Balaban J connectivity index is 1.37. The highest BCUT2D eigenvalue weighted by Crippen LogP contribution is 2.26. The Morgan fingerprint density at radius 2 is 1.65 bits per heavy atom. The number of anilines is 1. The summed E-state index contributed by atoms with van der Waals surface area (Å²) in [7, 11) is 1.55. The fourth-order valence-electron chi connectivity index (χ4n) is 2.83. The fourth-order valence-corrected chi connectivity index (χ4v) is 2.96. The molecule has 1 aromatic heterocycles. The Kier molecular flexibility index (Phi) is 6.14. The maximum absolute atomic E-state index is 12.2. The molecule has 0 radical (unpaired) electrons. The zero-order valence-electron chi connectivity index (χ0n) is 16.5. The van der Waals surface area contributed by atoms with Gasteiger partial charge in [-0.1, -0.05) is 28.9 Å². The summed E-state index contributed by atoms with van der Waals surface area (Å²) in [6.45, 7) is -0.143. The van der Waals surface area contributed by atoms with E-state index in [9.17, 15) is 4.79 Å². The monoisotopic (exact) mass is 435 g/mol. The molecule has 1 amide bonds. The van der Waals surface area contributed by atoms with Crippen molar-refractivity contribution in [3.8, 4) is 34.3 Å². The molecule has 0 unspecified atom stereocenters. The number of hydrogen-bond acceptors (Lipinski definition) is 6. The molecule has 0 spiro atoms. The number of rotatable bonds is 7. The van der Waals surface area contributed by atoms with Crippen molar-refractivity contribution in [2.75, 3.05) is 19.0 Å². The van der Waals surface area contributed by atoms with E-state index in [0.29, 0.717) is 33.9 Å². The van der Waals surface area contributed by atoms with Gasteiger partial charge in [0.2, 0.25) is 5.82 Å². The van der Waals surface area contributed by atoms with E-state index in [0.717, 1.165) is 11.1 Å². The minimum atomic E-state index is -0.290. The Hall–Kier alpha value is -3.84. The third-order valence-electron chi connectivity index (χ3n) is 4.37. The number of hydrogen-bond donors (Lipinski definition) is 1. The summed E-state index contributed by atoms with van der Waals surface area (Å²) in [5.41, 5.74) is 2.16. The van der Waals surface area contributed by atoms with Crippen molar-refractivity contribution in [3.05, 3.63) is 77.8 Å². The lowest BCUT2D eigenvalue weighted by Gasteiger charge is -2.10. The molecule has 8 heteroatoms. The van der Waals surface area contributed by atoms with Gasteiger partial charge in [-0.2, -0.15) is 4.98 Å². The van der Waals surface area contributed by atoms with Gasteiger partial charge in [-0.15, -0.1) is 0 Å². The lowest BCUT2D eigenvalue weighted by Crippen LogP contribution is -2.20. The van der Waals surface area contributed by atoms with Gasteiger partial charge in [0.05, 0.1) is 7.11 Å². The van der Waals surface area contributed by atoms with Gasteiger partial charge in [0, 0.05) is 21.8 Å². The van der Waals surface area contributed by atoms with Crippen LogP contribution in [0.1, 0.15) is 0 Å². The number of nitrogens with one attached hydrogen (secondary N) is 1. The number of nitrogens with zero attached hydrogens (tertiary/aromatic N) is 2. The predicted molar refractivity (Wildman–Crippen MR) is 117 cm³/mol. The van der Waals surface area contributed by atoms with Crippen molar-refractivity contribution in [2.24, 2.45) is 0 Å². The summed E-state index contributed by atoms with van der Waals surface area (Å²) in [6, 6.07) is 21.4. The summed E-state index contributed by atoms with van der Waals surface area (Å²) < 4.78 is 16.1. The number of aromatic nitrogens is 2. The van der Waals surface area contributed by atoms with Crippen LogP contribution >= 0.6 is 11.6 Å². The first kappa shape index (κ1) is 20.4. The molecular weight excluding hydrogens is 418 g/mol. The van der Waals surface area contributed by atoms with Crippen LogP contribution in [-0.2, 0) is 4.79 Å². The number of methoxy groups -OCH3 is 1. The van der Waals surface area contributed by atoms with E-state index >= 15 is 0 Å². The maximum atomic E-state index is 12.2. The lowest BCUT2D eigenvalue weighted by atomic mass is 10.2. The topological polar surface area (TPSA) is 86.5 Å². The van der Waals surface area contributed by atoms with Gasteiger partial charge in [-0.25, -0.2) is 0 Å². The number of amides is 1. The molecule has 0 aliphatic carbocycles. The van der Waals surface area contributed by atoms with Crippen molar-refractivity contribution in [3.63, 3.8) is 0 Å². The zero-order chi connectivity index (χ0) is 21.6. The fraction of sp³-hybridized carbons (Fsp3) is 0.0870. The largest absolute Gasteiger partial charge is 0.493 e. The van der Waals surface area contributed by atoms with Crippen LogP contribution in [0.25, 0.3) is 22.8 Å². The van der Waals surface area contributed by atoms with Crippen LogP contribution in [0.2, 0.25) is 5.02 Å². The average molecular weight is 436 g/mol. The normalized spacial score (nSPS) is 10.5. The van der Waals surface area contributed by atoms with Gasteiger partial charge in [0.25, 0.3) is 11.8 Å². The molecule has 0 bridgehead atoms. The van der Waals surface area contributed by atoms with Gasteiger partial charge in [0.1, 0.15) is 0 Å². The van der Waals surface area contributed by atoms with E-state index < -0.39 is 0 Å². The van der Waals surface area contributed by atoms with Crippen LogP contribution in [0.4, 0.5) is 5.69 Å². The van der Waals surface area contributed by atoms with Crippen LogP contribution in [0.3, 0.4) is 0 Å². The lowest BCUT2D eigenvalue weighted by molar-refractivity contribution is -0.118. The van der Waals surface area contributed by atoms with Crippen molar-refractivity contribution < 1.29 is 18.8 Å². The third kappa shape index (κ3) is 5.02. The molecule has 0 aliphatic rings. The van der Waals surface area contributed by atoms with Crippen LogP contribution in [0, 0.1) is 0 Å². The quantitative estimate of drug-likeness (QED) is 0.435. The number of carbonyl (C=O) groups is 1. The highest BCUT2D eigenvalue weighted by molar-refractivity contribution is 6.30. The van der Waals surface area contributed by atoms with Crippen molar-refractivity contribution in [1.29, 1.82) is 0 Å². The minimum absolute atomic E-state index is 0.143. The van der Waals surface area contributed by atoms with Gasteiger partial charge >= 0.3 is 0 Å². The molecule has 0 saturated carbocycles. The second-order valence-electron chi connectivity index (χ2n) is 6.50. The Morgan fingerprint density at radius 3 is 2.35 bits per heavy atom. The molecule has 0 atom stereocenters. The van der Waals surface area contributed by atoms with Crippen molar-refractivity contribution in [1.82, 2.24) is 10.1 Å². The molecular formula is C23H18ClN3O4. The van der Waals surface area contributed by atoms with Crippen LogP contribution in [-0.4, -0.2) is 29.8 Å². The molecule has 0 aliphatic heterocycles. The Bertz CT molecular complexity index is 1170. The number of benzene rings is 3. The molecule has 7 nitrogen and oxygen atoms in total. The summed E-state index contributed by atoms with van der Waals surface area (Å²) in [5, 5.41) is 7.42.